The number of allylic oxidation sites excluding steroid dienone is 1. The Bertz CT molecular complexity index is 293. The molecular formula is C7H3F11. The zero-order valence-electron chi connectivity index (χ0n) is 7.94. The fourth-order valence-corrected chi connectivity index (χ4v) is 0.866. The van der Waals surface area contributed by atoms with Crippen molar-refractivity contribution >= 4 is 0 Å². The van der Waals surface area contributed by atoms with E-state index < -0.39 is 35.9 Å². The van der Waals surface area contributed by atoms with Gasteiger partial charge >= 0.3 is 24.2 Å². The van der Waals surface area contributed by atoms with Gasteiger partial charge in [0.2, 0.25) is 0 Å². The van der Waals surface area contributed by atoms with Crippen LogP contribution in [0.1, 0.15) is 0 Å². The molecule has 0 heterocycles. The second-order valence-electron chi connectivity index (χ2n) is 3.06. The highest BCUT2D eigenvalue weighted by atomic mass is 19.4. The fourth-order valence-electron chi connectivity index (χ4n) is 0.866. The van der Waals surface area contributed by atoms with Gasteiger partial charge in [-0.25, -0.2) is 4.39 Å². The largest absolute Gasteiger partial charge is 0.457 e. The molecule has 0 aliphatic carbocycles. The monoisotopic (exact) mass is 296 g/mol. The van der Waals surface area contributed by atoms with E-state index in [2.05, 4.69) is 0 Å². The maximum atomic E-state index is 13.0. The molecule has 0 rings (SSSR count). The molecule has 0 radical (unpaired) electrons. The van der Waals surface area contributed by atoms with Crippen LogP contribution in [0.5, 0.6) is 0 Å². The normalized spacial score (nSPS) is 15.7. The van der Waals surface area contributed by atoms with Gasteiger partial charge in [-0.15, -0.1) is 0 Å². The molecule has 0 nitrogen and oxygen atoms in total. The number of alkyl halides is 11. The van der Waals surface area contributed by atoms with Crippen molar-refractivity contribution in [3.63, 3.8) is 0 Å². The molecule has 0 saturated heterocycles. The van der Waals surface area contributed by atoms with Gasteiger partial charge in [0.1, 0.15) is 0 Å². The Morgan fingerprint density at radius 2 is 0.778 bits per heavy atom. The first-order valence-electron chi connectivity index (χ1n) is 3.78. The van der Waals surface area contributed by atoms with E-state index in [1.165, 1.54) is 0 Å². The van der Waals surface area contributed by atoms with Gasteiger partial charge in [-0.1, -0.05) is 6.58 Å². The second-order valence-corrected chi connectivity index (χ2v) is 3.06. The molecule has 0 unspecified atom stereocenters. The third-order valence-corrected chi connectivity index (χ3v) is 1.91. The van der Waals surface area contributed by atoms with Crippen LogP contribution >= 0.6 is 0 Å². The van der Waals surface area contributed by atoms with Gasteiger partial charge in [0.15, 0.2) is 0 Å². The highest BCUT2D eigenvalue weighted by Gasteiger charge is 2.85. The molecule has 108 valence electrons. The van der Waals surface area contributed by atoms with Crippen LogP contribution in [0, 0.1) is 0 Å². The Morgan fingerprint density at radius 3 is 0.889 bits per heavy atom. The van der Waals surface area contributed by atoms with E-state index in [9.17, 15) is 48.3 Å². The summed E-state index contributed by atoms with van der Waals surface area (Å²) in [7, 11) is 0. The molecule has 0 aromatic rings. The molecule has 0 atom stereocenters. The van der Waals surface area contributed by atoms with Crippen molar-refractivity contribution in [2.75, 3.05) is 0 Å². The van der Waals surface area contributed by atoms with Crippen LogP contribution in [0.2, 0.25) is 0 Å². The summed E-state index contributed by atoms with van der Waals surface area (Å²) in [4.78, 5) is 0. The SMILES string of the molecule is C=CC(F)(C(F)(F)C(F)(F)F)C(F)(F)C(F)(F)F. The minimum absolute atomic E-state index is 1.41. The molecule has 18 heavy (non-hydrogen) atoms. The van der Waals surface area contributed by atoms with Gasteiger partial charge in [-0.3, -0.25) is 0 Å². The summed E-state index contributed by atoms with van der Waals surface area (Å²) in [5, 5.41) is 0. The molecule has 0 aliphatic rings. The van der Waals surface area contributed by atoms with Gasteiger partial charge in [0.25, 0.3) is 5.67 Å². The van der Waals surface area contributed by atoms with Crippen molar-refractivity contribution in [3.8, 4) is 0 Å². The van der Waals surface area contributed by atoms with Crippen molar-refractivity contribution in [1.29, 1.82) is 0 Å². The average Bonchev–Trinajstić information content (AvgIpc) is 2.12. The van der Waals surface area contributed by atoms with Gasteiger partial charge in [-0.2, -0.15) is 43.9 Å². The molecular weight excluding hydrogens is 293 g/mol. The lowest BCUT2D eigenvalue weighted by molar-refractivity contribution is -0.394. The first-order chi connectivity index (χ1) is 7.56. The van der Waals surface area contributed by atoms with Gasteiger partial charge < -0.3 is 0 Å². The highest BCUT2D eigenvalue weighted by Crippen LogP contribution is 2.57. The number of rotatable bonds is 3. The molecule has 0 bridgehead atoms. The van der Waals surface area contributed by atoms with Crippen molar-refractivity contribution in [2.24, 2.45) is 0 Å². The summed E-state index contributed by atoms with van der Waals surface area (Å²) in [5.74, 6) is -13.9. The molecule has 0 spiro atoms. The summed E-state index contributed by atoms with van der Waals surface area (Å²) >= 11 is 0. The summed E-state index contributed by atoms with van der Waals surface area (Å²) in [6, 6.07) is 0. The Kier molecular flexibility index (Phi) is 3.76. The third kappa shape index (κ3) is 2.03. The fraction of sp³-hybridized carbons (Fsp3) is 0.714. The lowest BCUT2D eigenvalue weighted by atomic mass is 9.89. The Hall–Kier alpha value is -1.03. The summed E-state index contributed by atoms with van der Waals surface area (Å²) in [6.07, 6.45) is -15.3. The minimum Gasteiger partial charge on any atom is -0.225 e. The van der Waals surface area contributed by atoms with Crippen molar-refractivity contribution in [1.82, 2.24) is 0 Å². The van der Waals surface area contributed by atoms with Crippen LogP contribution < -0.4 is 0 Å². The molecule has 0 saturated carbocycles. The van der Waals surface area contributed by atoms with Crippen molar-refractivity contribution in [3.05, 3.63) is 12.7 Å². The van der Waals surface area contributed by atoms with E-state index in [4.69, 9.17) is 0 Å². The number of halogens is 11. The predicted octanol–water partition coefficient (Wildman–Crippen LogP) is 4.28. The zero-order valence-corrected chi connectivity index (χ0v) is 7.94. The Balaban J connectivity index is 6.04. The molecule has 0 aromatic carbocycles. The van der Waals surface area contributed by atoms with Crippen LogP contribution in [0.4, 0.5) is 48.3 Å². The first-order valence-corrected chi connectivity index (χ1v) is 3.78. The van der Waals surface area contributed by atoms with Crippen molar-refractivity contribution < 1.29 is 48.3 Å². The average molecular weight is 296 g/mol. The molecule has 0 aliphatic heterocycles. The Morgan fingerprint density at radius 1 is 0.556 bits per heavy atom. The van der Waals surface area contributed by atoms with E-state index in [0.717, 1.165) is 0 Å². The van der Waals surface area contributed by atoms with Crippen LogP contribution in [-0.4, -0.2) is 29.9 Å². The van der Waals surface area contributed by atoms with Gasteiger partial charge in [0.05, 0.1) is 0 Å². The minimum atomic E-state index is -6.97. The summed E-state index contributed by atoms with van der Waals surface area (Å²) < 4.78 is 133. The number of hydrogen-bond acceptors (Lipinski definition) is 0. The van der Waals surface area contributed by atoms with Crippen LogP contribution in [0.15, 0.2) is 12.7 Å². The van der Waals surface area contributed by atoms with Gasteiger partial charge in [0, 0.05) is 0 Å². The number of hydrogen-bond donors (Lipinski definition) is 0. The van der Waals surface area contributed by atoms with E-state index in [0.29, 0.717) is 0 Å². The molecule has 0 fully saturated rings. The second kappa shape index (κ2) is 3.98. The lowest BCUT2D eigenvalue weighted by Gasteiger charge is -2.38. The zero-order chi connectivity index (χ0) is 15.2. The first kappa shape index (κ1) is 17.0. The van der Waals surface area contributed by atoms with Crippen molar-refractivity contribution in [2.45, 2.75) is 29.9 Å². The molecule has 11 heteroatoms. The topological polar surface area (TPSA) is 0 Å². The van der Waals surface area contributed by atoms with E-state index >= 15 is 0 Å². The van der Waals surface area contributed by atoms with Gasteiger partial charge in [-0.05, 0) is 6.08 Å². The third-order valence-electron chi connectivity index (χ3n) is 1.91. The Labute approximate surface area is 92.1 Å². The highest BCUT2D eigenvalue weighted by molar-refractivity contribution is 5.18. The molecule has 0 N–H and O–H groups in total. The quantitative estimate of drug-likeness (QED) is 0.539. The maximum absolute atomic E-state index is 13.0. The lowest BCUT2D eigenvalue weighted by Crippen LogP contribution is -2.66. The summed E-state index contributed by atoms with van der Waals surface area (Å²) in [5.41, 5.74) is -6.35. The summed E-state index contributed by atoms with van der Waals surface area (Å²) in [6.45, 7) is 1.86. The van der Waals surface area contributed by atoms with E-state index in [1.54, 1.807) is 0 Å². The van der Waals surface area contributed by atoms with E-state index in [1.807, 2.05) is 6.58 Å². The molecule has 0 amide bonds. The smallest absolute Gasteiger partial charge is 0.225 e. The molecule has 0 aromatic heterocycles. The van der Waals surface area contributed by atoms with Crippen LogP contribution in [0.3, 0.4) is 0 Å². The maximum Gasteiger partial charge on any atom is 0.457 e. The van der Waals surface area contributed by atoms with Crippen LogP contribution in [0.25, 0.3) is 0 Å². The van der Waals surface area contributed by atoms with Crippen LogP contribution in [-0.2, 0) is 0 Å². The predicted molar refractivity (Wildman–Crippen MR) is 36.0 cm³/mol. The van der Waals surface area contributed by atoms with E-state index in [-0.39, 0.29) is 0 Å². The standard InChI is InChI=1S/C7H3F11/c1-2-3(8,4(9,10)6(13,14)15)5(11,12)7(16,17)18/h2H,1H2.